The smallest absolute Gasteiger partial charge is 0.266 e. The summed E-state index contributed by atoms with van der Waals surface area (Å²) in [5, 5.41) is 22.8. The number of ether oxygens (including phenoxy) is 1. The Bertz CT molecular complexity index is 693. The Morgan fingerprint density at radius 2 is 1.92 bits per heavy atom. The van der Waals surface area contributed by atoms with E-state index < -0.39 is 0 Å². The number of anilines is 1. The molecule has 1 amide bonds. The quantitative estimate of drug-likeness (QED) is 0.392. The molecule has 7 heteroatoms. The Morgan fingerprint density at radius 3 is 2.46 bits per heavy atom. The van der Waals surface area contributed by atoms with Gasteiger partial charge in [-0.2, -0.15) is 10.5 Å². The van der Waals surface area contributed by atoms with Gasteiger partial charge >= 0.3 is 0 Å². The minimum Gasteiger partial charge on any atom is -0.372 e. The van der Waals surface area contributed by atoms with Crippen LogP contribution in [0.4, 0.5) is 5.69 Å². The highest BCUT2D eigenvalue weighted by molar-refractivity contribution is 8.03. The lowest BCUT2D eigenvalue weighted by molar-refractivity contribution is -0.138. The molecule has 1 saturated heterocycles. The lowest BCUT2D eigenvalue weighted by Crippen LogP contribution is -2.48. The second-order valence-electron chi connectivity index (χ2n) is 5.50. The van der Waals surface area contributed by atoms with Crippen LogP contribution in [0.15, 0.2) is 40.9 Å². The summed E-state index contributed by atoms with van der Waals surface area (Å²) in [7, 11) is 0. The topological polar surface area (TPSA) is 89.2 Å². The number of nitriles is 2. The van der Waals surface area contributed by atoms with Crippen LogP contribution in [0, 0.1) is 22.0 Å². The summed E-state index contributed by atoms with van der Waals surface area (Å²) in [4.78, 5) is 15.0. The van der Waals surface area contributed by atoms with Crippen molar-refractivity contribution < 1.29 is 9.53 Å². The van der Waals surface area contributed by atoms with Gasteiger partial charge < -0.3 is 15.0 Å². The number of thiocyanates is 1. The number of nitrogens with zero attached hydrogens (tertiary/aromatic N) is 3. The van der Waals surface area contributed by atoms with Gasteiger partial charge in [0.25, 0.3) is 5.91 Å². The molecule has 24 heavy (non-hydrogen) atoms. The first-order valence-electron chi connectivity index (χ1n) is 7.51. The lowest BCUT2D eigenvalue weighted by atomic mass is 10.2. The number of amides is 1. The minimum atomic E-state index is -0.302. The molecule has 0 aromatic heterocycles. The third kappa shape index (κ3) is 4.76. The number of morpholine rings is 1. The van der Waals surface area contributed by atoms with Gasteiger partial charge in [-0.05, 0) is 49.9 Å². The lowest BCUT2D eigenvalue weighted by Gasteiger charge is -2.35. The molecule has 1 aliphatic rings. The Labute approximate surface area is 145 Å². The zero-order valence-corrected chi connectivity index (χ0v) is 14.3. The zero-order chi connectivity index (χ0) is 17.5. The molecule has 6 nitrogen and oxygen atoms in total. The van der Waals surface area contributed by atoms with Crippen LogP contribution in [0.5, 0.6) is 0 Å². The highest BCUT2D eigenvalue weighted by Crippen LogP contribution is 2.19. The molecule has 1 fully saturated rings. The molecule has 0 bridgehead atoms. The fourth-order valence-electron chi connectivity index (χ4n) is 2.48. The fraction of sp³-hybridized carbons (Fsp3) is 0.353. The number of hydrogen-bond acceptors (Lipinski definition) is 6. The summed E-state index contributed by atoms with van der Waals surface area (Å²) in [6.07, 6.45) is 1.33. The minimum absolute atomic E-state index is 0.0456. The number of rotatable bonds is 4. The van der Waals surface area contributed by atoms with E-state index in [1.807, 2.05) is 25.3 Å². The number of carbonyl (C=O) groups excluding carboxylic acids is 1. The summed E-state index contributed by atoms with van der Waals surface area (Å²) in [6, 6.07) is 9.11. The molecular formula is C17H18N4O2S. The van der Waals surface area contributed by atoms with Crippen LogP contribution in [0.1, 0.15) is 13.8 Å². The van der Waals surface area contributed by atoms with Gasteiger partial charge in [0.05, 0.1) is 12.2 Å². The predicted octanol–water partition coefficient (Wildman–Crippen LogP) is 2.71. The number of thioether (sulfide) groups is 1. The molecule has 0 spiro atoms. The Kier molecular flexibility index (Phi) is 6.25. The monoisotopic (exact) mass is 342 g/mol. The maximum Gasteiger partial charge on any atom is 0.266 e. The van der Waals surface area contributed by atoms with Gasteiger partial charge in [-0.1, -0.05) is 0 Å². The van der Waals surface area contributed by atoms with Crippen LogP contribution in [0.2, 0.25) is 0 Å². The second kappa shape index (κ2) is 8.39. The molecule has 1 aromatic carbocycles. The molecular weight excluding hydrogens is 324 g/mol. The first kappa shape index (κ1) is 17.9. The van der Waals surface area contributed by atoms with E-state index in [1.54, 1.807) is 29.2 Å². The summed E-state index contributed by atoms with van der Waals surface area (Å²) in [5.74, 6) is -0.302. The number of benzene rings is 1. The normalized spacial score (nSPS) is 20.8. The first-order valence-corrected chi connectivity index (χ1v) is 8.32. The van der Waals surface area contributed by atoms with Gasteiger partial charge in [0.1, 0.15) is 17.0 Å². The highest BCUT2D eigenvalue weighted by atomic mass is 32.2. The average molecular weight is 342 g/mol. The Morgan fingerprint density at radius 1 is 1.29 bits per heavy atom. The molecule has 124 valence electrons. The van der Waals surface area contributed by atoms with Crippen molar-refractivity contribution in [2.24, 2.45) is 0 Å². The third-order valence-electron chi connectivity index (χ3n) is 3.46. The fourth-order valence-corrected chi connectivity index (χ4v) is 2.86. The Hall–Kier alpha value is -2.48. The molecule has 1 N–H and O–H groups in total. The predicted molar refractivity (Wildman–Crippen MR) is 91.8 cm³/mol. The van der Waals surface area contributed by atoms with Gasteiger partial charge in [0.2, 0.25) is 0 Å². The molecule has 1 aliphatic heterocycles. The highest BCUT2D eigenvalue weighted by Gasteiger charge is 2.27. The third-order valence-corrected chi connectivity index (χ3v) is 4.06. The number of hydrogen-bond donors (Lipinski definition) is 1. The number of carbonyl (C=O) groups is 1. The zero-order valence-electron chi connectivity index (χ0n) is 13.5. The maximum absolute atomic E-state index is 12.5. The molecule has 2 rings (SSSR count). The van der Waals surface area contributed by atoms with E-state index in [0.717, 1.165) is 22.3 Å². The summed E-state index contributed by atoms with van der Waals surface area (Å²) in [6.45, 7) is 4.76. The molecule has 0 aliphatic carbocycles. The average Bonchev–Trinajstić information content (AvgIpc) is 2.56. The largest absolute Gasteiger partial charge is 0.372 e. The van der Waals surface area contributed by atoms with Crippen molar-refractivity contribution in [3.8, 4) is 11.5 Å². The van der Waals surface area contributed by atoms with E-state index in [2.05, 4.69) is 5.32 Å². The van der Waals surface area contributed by atoms with Crippen molar-refractivity contribution in [1.82, 2.24) is 4.90 Å². The van der Waals surface area contributed by atoms with E-state index in [9.17, 15) is 10.1 Å². The maximum atomic E-state index is 12.5. The van der Waals surface area contributed by atoms with Crippen LogP contribution in [0.25, 0.3) is 0 Å². The van der Waals surface area contributed by atoms with Crippen molar-refractivity contribution in [2.75, 3.05) is 18.4 Å². The van der Waals surface area contributed by atoms with Gasteiger partial charge in [-0.15, -0.1) is 0 Å². The van der Waals surface area contributed by atoms with E-state index >= 15 is 0 Å². The van der Waals surface area contributed by atoms with E-state index in [4.69, 9.17) is 10.00 Å². The second-order valence-corrected chi connectivity index (χ2v) is 6.36. The van der Waals surface area contributed by atoms with Gasteiger partial charge in [0, 0.05) is 29.9 Å². The standard InChI is InChI=1S/C17H18N4O2S/c1-12-9-21(10-13(2)23-12)17(22)14(7-18)8-20-15-3-5-16(6-4-15)24-11-19/h3-6,8,12-13,20H,9-10H2,1-2H3/b14-8-. The Balaban J connectivity index is 2.04. The van der Waals surface area contributed by atoms with Crippen LogP contribution in [-0.2, 0) is 9.53 Å². The van der Waals surface area contributed by atoms with E-state index in [0.29, 0.717) is 13.1 Å². The SMILES string of the molecule is CC1CN(C(=O)/C(C#N)=C\Nc2ccc(SC#N)cc2)CC(C)O1. The van der Waals surface area contributed by atoms with Crippen LogP contribution < -0.4 is 5.32 Å². The molecule has 1 heterocycles. The van der Waals surface area contributed by atoms with E-state index in [1.165, 1.54) is 6.20 Å². The van der Waals surface area contributed by atoms with Crippen molar-refractivity contribution in [3.05, 3.63) is 36.0 Å². The van der Waals surface area contributed by atoms with Gasteiger partial charge in [-0.25, -0.2) is 0 Å². The molecule has 0 saturated carbocycles. The first-order chi connectivity index (χ1) is 11.5. The van der Waals surface area contributed by atoms with Gasteiger partial charge in [-0.3, -0.25) is 4.79 Å². The summed E-state index contributed by atoms with van der Waals surface area (Å²) in [5.41, 5.74) is 0.785. The molecule has 2 unspecified atom stereocenters. The van der Waals surface area contributed by atoms with Crippen molar-refractivity contribution in [3.63, 3.8) is 0 Å². The van der Waals surface area contributed by atoms with Crippen LogP contribution in [-0.4, -0.2) is 36.1 Å². The van der Waals surface area contributed by atoms with Crippen LogP contribution in [0.3, 0.4) is 0 Å². The van der Waals surface area contributed by atoms with Crippen LogP contribution >= 0.6 is 11.8 Å². The molecule has 1 aromatic rings. The van der Waals surface area contributed by atoms with E-state index in [-0.39, 0.29) is 23.7 Å². The van der Waals surface area contributed by atoms with Crippen molar-refractivity contribution >= 4 is 23.4 Å². The summed E-state index contributed by atoms with van der Waals surface area (Å²) >= 11 is 1.07. The summed E-state index contributed by atoms with van der Waals surface area (Å²) < 4.78 is 5.60. The van der Waals surface area contributed by atoms with Crippen molar-refractivity contribution in [2.45, 2.75) is 31.0 Å². The number of nitrogens with one attached hydrogen (secondary N) is 1. The molecule has 0 radical (unpaired) electrons. The van der Waals surface area contributed by atoms with Crippen molar-refractivity contribution in [1.29, 1.82) is 10.5 Å². The molecule has 2 atom stereocenters. The van der Waals surface area contributed by atoms with Gasteiger partial charge in [0.15, 0.2) is 0 Å².